The van der Waals surface area contributed by atoms with Gasteiger partial charge in [0.1, 0.15) is 5.82 Å². The van der Waals surface area contributed by atoms with Crippen molar-refractivity contribution in [2.24, 2.45) is 5.92 Å². The Morgan fingerprint density at radius 2 is 2.11 bits per heavy atom. The number of carbonyl (C=O) groups is 2. The van der Waals surface area contributed by atoms with Crippen LogP contribution in [0, 0.1) is 11.7 Å². The average Bonchev–Trinajstić information content (AvgIpc) is 2.76. The Bertz CT molecular complexity index is 459. The van der Waals surface area contributed by atoms with E-state index in [9.17, 15) is 14.0 Å². The molecule has 96 valence electrons. The molecule has 1 aliphatic heterocycles. The standard InChI is InChI=1S/C13H15FN2O2/c1-8(9-2-4-11(14)5-3-9)16-13(18)10-6-12(17)15-7-10/h2-5,8,10H,6-7H2,1H3,(H,15,17)(H,16,18). The van der Waals surface area contributed by atoms with E-state index in [4.69, 9.17) is 0 Å². The molecule has 4 nitrogen and oxygen atoms in total. The molecule has 1 saturated heterocycles. The number of nitrogens with one attached hydrogen (secondary N) is 2. The highest BCUT2D eigenvalue weighted by atomic mass is 19.1. The van der Waals surface area contributed by atoms with Gasteiger partial charge in [-0.2, -0.15) is 0 Å². The molecule has 1 fully saturated rings. The number of benzene rings is 1. The summed E-state index contributed by atoms with van der Waals surface area (Å²) in [6.07, 6.45) is 0.238. The number of hydrogen-bond acceptors (Lipinski definition) is 2. The fraction of sp³-hybridized carbons (Fsp3) is 0.385. The first-order valence-electron chi connectivity index (χ1n) is 5.89. The van der Waals surface area contributed by atoms with Crippen molar-refractivity contribution in [3.05, 3.63) is 35.6 Å². The molecule has 18 heavy (non-hydrogen) atoms. The van der Waals surface area contributed by atoms with Gasteiger partial charge in [0.2, 0.25) is 11.8 Å². The van der Waals surface area contributed by atoms with E-state index in [1.54, 1.807) is 12.1 Å². The van der Waals surface area contributed by atoms with Crippen LogP contribution in [-0.4, -0.2) is 18.4 Å². The number of carbonyl (C=O) groups excluding carboxylic acids is 2. The fourth-order valence-electron chi connectivity index (χ4n) is 1.96. The molecule has 1 aromatic rings. The predicted molar refractivity (Wildman–Crippen MR) is 64.1 cm³/mol. The lowest BCUT2D eigenvalue weighted by molar-refractivity contribution is -0.127. The van der Waals surface area contributed by atoms with E-state index in [2.05, 4.69) is 10.6 Å². The molecule has 0 bridgehead atoms. The summed E-state index contributed by atoms with van der Waals surface area (Å²) >= 11 is 0. The Morgan fingerprint density at radius 3 is 2.67 bits per heavy atom. The summed E-state index contributed by atoms with van der Waals surface area (Å²) in [4.78, 5) is 22.9. The minimum absolute atomic E-state index is 0.0930. The van der Waals surface area contributed by atoms with Gasteiger partial charge in [0, 0.05) is 13.0 Å². The molecule has 2 amide bonds. The first-order valence-corrected chi connectivity index (χ1v) is 5.89. The monoisotopic (exact) mass is 250 g/mol. The van der Waals surface area contributed by atoms with Gasteiger partial charge in [-0.1, -0.05) is 12.1 Å². The second kappa shape index (κ2) is 5.16. The lowest BCUT2D eigenvalue weighted by Crippen LogP contribution is -2.33. The molecule has 0 aromatic heterocycles. The summed E-state index contributed by atoms with van der Waals surface area (Å²) < 4.78 is 12.8. The average molecular weight is 250 g/mol. The molecular formula is C13H15FN2O2. The molecule has 2 unspecified atom stereocenters. The molecule has 5 heteroatoms. The zero-order chi connectivity index (χ0) is 13.1. The van der Waals surface area contributed by atoms with Gasteiger partial charge in [-0.15, -0.1) is 0 Å². The summed E-state index contributed by atoms with van der Waals surface area (Å²) in [7, 11) is 0. The maximum atomic E-state index is 12.8. The van der Waals surface area contributed by atoms with Crippen molar-refractivity contribution in [2.45, 2.75) is 19.4 Å². The van der Waals surface area contributed by atoms with Crippen LogP contribution in [0.15, 0.2) is 24.3 Å². The number of hydrogen-bond donors (Lipinski definition) is 2. The fourth-order valence-corrected chi connectivity index (χ4v) is 1.96. The van der Waals surface area contributed by atoms with Gasteiger partial charge in [0.25, 0.3) is 0 Å². The molecule has 2 atom stereocenters. The zero-order valence-electron chi connectivity index (χ0n) is 10.1. The van der Waals surface area contributed by atoms with Gasteiger partial charge in [0.15, 0.2) is 0 Å². The summed E-state index contributed by atoms with van der Waals surface area (Å²) in [5.74, 6) is -0.849. The molecule has 0 aliphatic carbocycles. The van der Waals surface area contributed by atoms with Crippen LogP contribution in [0.2, 0.25) is 0 Å². The van der Waals surface area contributed by atoms with Gasteiger partial charge in [0.05, 0.1) is 12.0 Å². The van der Waals surface area contributed by atoms with Gasteiger partial charge in [-0.25, -0.2) is 4.39 Å². The van der Waals surface area contributed by atoms with Crippen molar-refractivity contribution in [1.82, 2.24) is 10.6 Å². The Morgan fingerprint density at radius 1 is 1.44 bits per heavy atom. The SMILES string of the molecule is CC(NC(=O)C1CNC(=O)C1)c1ccc(F)cc1. The van der Waals surface area contributed by atoms with E-state index >= 15 is 0 Å². The Kier molecular flexibility index (Phi) is 3.60. The molecule has 2 rings (SSSR count). The van der Waals surface area contributed by atoms with Crippen molar-refractivity contribution in [2.75, 3.05) is 6.54 Å². The molecular weight excluding hydrogens is 235 g/mol. The van der Waals surface area contributed by atoms with Crippen LogP contribution in [0.25, 0.3) is 0 Å². The van der Waals surface area contributed by atoms with Crippen molar-refractivity contribution < 1.29 is 14.0 Å². The first kappa shape index (κ1) is 12.5. The van der Waals surface area contributed by atoms with Crippen LogP contribution in [0.1, 0.15) is 24.9 Å². The molecule has 1 aromatic carbocycles. The van der Waals surface area contributed by atoms with Crippen LogP contribution >= 0.6 is 0 Å². The predicted octanol–water partition coefficient (Wildman–Crippen LogP) is 1.14. The highest BCUT2D eigenvalue weighted by Gasteiger charge is 2.28. The van der Waals surface area contributed by atoms with E-state index in [0.717, 1.165) is 5.56 Å². The zero-order valence-corrected chi connectivity index (χ0v) is 10.1. The maximum Gasteiger partial charge on any atom is 0.225 e. The van der Waals surface area contributed by atoms with Crippen LogP contribution in [-0.2, 0) is 9.59 Å². The van der Waals surface area contributed by atoms with E-state index in [1.807, 2.05) is 6.92 Å². The van der Waals surface area contributed by atoms with Crippen LogP contribution in [0.5, 0.6) is 0 Å². The normalized spacial score (nSPS) is 20.3. The number of amides is 2. The summed E-state index contributed by atoms with van der Waals surface area (Å²) in [6.45, 7) is 2.22. The Hall–Kier alpha value is -1.91. The quantitative estimate of drug-likeness (QED) is 0.845. The number of halogens is 1. The maximum absolute atomic E-state index is 12.8. The number of rotatable bonds is 3. The van der Waals surface area contributed by atoms with Crippen LogP contribution in [0.3, 0.4) is 0 Å². The third-order valence-electron chi connectivity index (χ3n) is 3.08. The minimum atomic E-state index is -0.305. The lowest BCUT2D eigenvalue weighted by Gasteiger charge is -2.16. The van der Waals surface area contributed by atoms with Crippen molar-refractivity contribution in [3.8, 4) is 0 Å². The topological polar surface area (TPSA) is 58.2 Å². The molecule has 1 aliphatic rings. The third-order valence-corrected chi connectivity index (χ3v) is 3.08. The highest BCUT2D eigenvalue weighted by Crippen LogP contribution is 2.15. The van der Waals surface area contributed by atoms with Crippen molar-refractivity contribution in [1.29, 1.82) is 0 Å². The molecule has 0 spiro atoms. The van der Waals surface area contributed by atoms with Crippen LogP contribution in [0.4, 0.5) is 4.39 Å². The summed E-state index contributed by atoms with van der Waals surface area (Å²) in [5, 5.41) is 5.45. The molecule has 0 radical (unpaired) electrons. The molecule has 1 heterocycles. The summed E-state index contributed by atoms with van der Waals surface area (Å²) in [5.41, 5.74) is 0.835. The van der Waals surface area contributed by atoms with E-state index in [-0.39, 0.29) is 36.0 Å². The molecule has 0 saturated carbocycles. The van der Waals surface area contributed by atoms with Gasteiger partial charge >= 0.3 is 0 Å². The minimum Gasteiger partial charge on any atom is -0.355 e. The smallest absolute Gasteiger partial charge is 0.225 e. The summed E-state index contributed by atoms with van der Waals surface area (Å²) in [6, 6.07) is 5.79. The highest BCUT2D eigenvalue weighted by molar-refractivity contribution is 5.89. The molecule has 2 N–H and O–H groups in total. The third kappa shape index (κ3) is 2.85. The van der Waals surface area contributed by atoms with Crippen LogP contribution < -0.4 is 10.6 Å². The van der Waals surface area contributed by atoms with E-state index in [0.29, 0.717) is 6.54 Å². The largest absolute Gasteiger partial charge is 0.355 e. The first-order chi connectivity index (χ1) is 8.56. The van der Waals surface area contributed by atoms with Gasteiger partial charge in [-0.3, -0.25) is 9.59 Å². The Balaban J connectivity index is 1.94. The van der Waals surface area contributed by atoms with Gasteiger partial charge < -0.3 is 10.6 Å². The van der Waals surface area contributed by atoms with E-state index < -0.39 is 0 Å². The lowest BCUT2D eigenvalue weighted by atomic mass is 10.1. The van der Waals surface area contributed by atoms with Crippen molar-refractivity contribution in [3.63, 3.8) is 0 Å². The van der Waals surface area contributed by atoms with Gasteiger partial charge in [-0.05, 0) is 24.6 Å². The van der Waals surface area contributed by atoms with Crippen molar-refractivity contribution >= 4 is 11.8 Å². The second-order valence-electron chi connectivity index (χ2n) is 4.49. The second-order valence-corrected chi connectivity index (χ2v) is 4.49. The Labute approximate surface area is 105 Å². The van der Waals surface area contributed by atoms with E-state index in [1.165, 1.54) is 12.1 Å².